The molecule has 0 aliphatic carbocycles. The summed E-state index contributed by atoms with van der Waals surface area (Å²) >= 11 is 0. The van der Waals surface area contributed by atoms with Crippen LogP contribution in [-0.4, -0.2) is 33.3 Å². The minimum Gasteiger partial charge on any atom is -0.544 e. The van der Waals surface area contributed by atoms with E-state index in [2.05, 4.69) is 0 Å². The largest absolute Gasteiger partial charge is 0.544 e. The lowest BCUT2D eigenvalue weighted by Gasteiger charge is -2.34. The summed E-state index contributed by atoms with van der Waals surface area (Å²) in [5, 5.41) is 24.5. The van der Waals surface area contributed by atoms with Crippen molar-refractivity contribution in [1.29, 1.82) is 0 Å². The Bertz CT molecular complexity index is 1020. The number of hydrogen-bond acceptors (Lipinski definition) is 5. The molecule has 162 valence electrons. The number of aromatic hydroxyl groups is 1. The lowest BCUT2D eigenvalue weighted by Crippen LogP contribution is -2.99. The molecule has 31 heavy (non-hydrogen) atoms. The van der Waals surface area contributed by atoms with Crippen molar-refractivity contribution in [1.82, 2.24) is 4.90 Å². The highest BCUT2D eigenvalue weighted by Gasteiger charge is 2.69. The maximum atomic E-state index is 13.5. The van der Waals surface area contributed by atoms with Gasteiger partial charge in [-0.2, -0.15) is 0 Å². The summed E-state index contributed by atoms with van der Waals surface area (Å²) in [6, 6.07) is 15.0. The fraction of sp³-hybridized carbons (Fsp3) is 0.375. The van der Waals surface area contributed by atoms with Gasteiger partial charge in [-0.25, -0.2) is 0 Å². The third-order valence-electron chi connectivity index (χ3n) is 6.47. The molecule has 2 amide bonds. The monoisotopic (exact) mass is 422 g/mol. The van der Waals surface area contributed by atoms with Crippen LogP contribution >= 0.6 is 0 Å². The molecule has 0 bridgehead atoms. The number of carboxylic acids is 1. The molecular weight excluding hydrogens is 396 g/mol. The van der Waals surface area contributed by atoms with Crippen LogP contribution < -0.4 is 10.4 Å². The summed E-state index contributed by atoms with van der Waals surface area (Å²) < 4.78 is 0. The van der Waals surface area contributed by atoms with Crippen LogP contribution in [0.4, 0.5) is 0 Å². The molecule has 2 saturated heterocycles. The van der Waals surface area contributed by atoms with E-state index in [1.807, 2.05) is 44.2 Å². The summed E-state index contributed by atoms with van der Waals surface area (Å²) in [6.45, 7) is 3.84. The molecule has 2 aromatic rings. The number of nitrogens with zero attached hydrogens (tertiary/aromatic N) is 1. The molecular formula is C24H26N2O5. The van der Waals surface area contributed by atoms with Crippen molar-refractivity contribution in [3.63, 3.8) is 0 Å². The molecule has 2 fully saturated rings. The number of nitrogens with two attached hydrogens (primary N) is 1. The number of amides is 2. The summed E-state index contributed by atoms with van der Waals surface area (Å²) in [4.78, 5) is 40.6. The van der Waals surface area contributed by atoms with Gasteiger partial charge in [0.2, 0.25) is 11.8 Å². The van der Waals surface area contributed by atoms with E-state index in [0.717, 1.165) is 5.56 Å². The van der Waals surface area contributed by atoms with Gasteiger partial charge in [0, 0.05) is 6.42 Å². The number of likely N-dealkylation sites (tertiary alicyclic amines) is 1. The SMILES string of the molecule is CC(C)C[C@]1(C(=O)[O-])[NH2+][C@@H](c2ccccc2O)[C@H]2C(=O)N(Cc3ccccc3)C(=O)[C@H]21. The predicted molar refractivity (Wildman–Crippen MR) is 109 cm³/mol. The van der Waals surface area contributed by atoms with E-state index in [1.54, 1.807) is 23.5 Å². The van der Waals surface area contributed by atoms with Gasteiger partial charge in [-0.15, -0.1) is 0 Å². The molecule has 4 rings (SSSR count). The third-order valence-corrected chi connectivity index (χ3v) is 6.47. The van der Waals surface area contributed by atoms with Crippen molar-refractivity contribution in [2.75, 3.05) is 0 Å². The Kier molecular flexibility index (Phi) is 5.31. The molecule has 2 aliphatic heterocycles. The standard InChI is InChI=1S/C24H26N2O5/c1-14(2)12-24(23(30)31)19-18(20(25-24)16-10-6-7-11-17(16)27)21(28)26(22(19)29)13-15-8-4-3-5-9-15/h3-11,14,18-20,25,27H,12-13H2,1-2H3,(H,30,31)/t18-,19-,20-,24-/m0/s1. The molecule has 7 heteroatoms. The predicted octanol–water partition coefficient (Wildman–Crippen LogP) is 0.347. The van der Waals surface area contributed by atoms with Crippen molar-refractivity contribution in [2.45, 2.75) is 38.4 Å². The Morgan fingerprint density at radius 3 is 2.35 bits per heavy atom. The van der Waals surface area contributed by atoms with Crippen molar-refractivity contribution in [3.05, 3.63) is 65.7 Å². The second-order valence-corrected chi connectivity index (χ2v) is 8.93. The Hall–Kier alpha value is -3.19. The van der Waals surface area contributed by atoms with Crippen LogP contribution in [0, 0.1) is 17.8 Å². The average molecular weight is 422 g/mol. The molecule has 2 heterocycles. The second-order valence-electron chi connectivity index (χ2n) is 8.93. The highest BCUT2D eigenvalue weighted by atomic mass is 16.4. The molecule has 2 aliphatic rings. The van der Waals surface area contributed by atoms with Gasteiger partial charge in [-0.05, 0) is 23.6 Å². The molecule has 0 spiro atoms. The number of rotatable bonds is 6. The summed E-state index contributed by atoms with van der Waals surface area (Å²) in [5.41, 5.74) is -0.341. The van der Waals surface area contributed by atoms with E-state index < -0.39 is 41.2 Å². The van der Waals surface area contributed by atoms with Gasteiger partial charge < -0.3 is 20.3 Å². The van der Waals surface area contributed by atoms with Crippen LogP contribution in [0.25, 0.3) is 0 Å². The number of imide groups is 1. The number of carboxylic acid groups (broad SMARTS) is 1. The zero-order valence-corrected chi connectivity index (χ0v) is 17.5. The number of aliphatic carboxylic acids is 1. The second kappa shape index (κ2) is 7.81. The molecule has 0 aromatic heterocycles. The molecule has 0 unspecified atom stereocenters. The fourth-order valence-corrected chi connectivity index (χ4v) is 5.31. The molecule has 3 N–H and O–H groups in total. The molecule has 4 atom stereocenters. The van der Waals surface area contributed by atoms with E-state index in [9.17, 15) is 24.6 Å². The Labute approximate surface area is 180 Å². The number of para-hydroxylation sites is 1. The van der Waals surface area contributed by atoms with E-state index in [4.69, 9.17) is 0 Å². The van der Waals surface area contributed by atoms with Gasteiger partial charge in [0.1, 0.15) is 35.1 Å². The van der Waals surface area contributed by atoms with Gasteiger partial charge in [0.25, 0.3) is 0 Å². The first-order valence-corrected chi connectivity index (χ1v) is 10.5. The third kappa shape index (κ3) is 3.39. The van der Waals surface area contributed by atoms with Crippen molar-refractivity contribution >= 4 is 17.8 Å². The Morgan fingerprint density at radius 1 is 1.10 bits per heavy atom. The molecule has 0 radical (unpaired) electrons. The van der Waals surface area contributed by atoms with Crippen LogP contribution in [-0.2, 0) is 20.9 Å². The van der Waals surface area contributed by atoms with E-state index in [-0.39, 0.29) is 24.6 Å². The number of fused-ring (bicyclic) bond motifs is 1. The number of phenols is 1. The van der Waals surface area contributed by atoms with Gasteiger partial charge in [-0.3, -0.25) is 14.5 Å². The highest BCUT2D eigenvalue weighted by molar-refractivity contribution is 6.08. The van der Waals surface area contributed by atoms with Gasteiger partial charge in [0.05, 0.1) is 12.1 Å². The van der Waals surface area contributed by atoms with Gasteiger partial charge in [-0.1, -0.05) is 56.3 Å². The van der Waals surface area contributed by atoms with E-state index in [0.29, 0.717) is 5.56 Å². The maximum Gasteiger partial charge on any atom is 0.240 e. The lowest BCUT2D eigenvalue weighted by molar-refractivity contribution is -0.740. The highest BCUT2D eigenvalue weighted by Crippen LogP contribution is 2.47. The first kappa shape index (κ1) is 21.1. The number of benzene rings is 2. The van der Waals surface area contributed by atoms with Crippen LogP contribution in [0.1, 0.15) is 37.4 Å². The average Bonchev–Trinajstić information content (AvgIpc) is 3.19. The van der Waals surface area contributed by atoms with Crippen LogP contribution in [0.3, 0.4) is 0 Å². The first-order valence-electron chi connectivity index (χ1n) is 10.5. The number of hydrogen-bond donors (Lipinski definition) is 2. The fourth-order valence-electron chi connectivity index (χ4n) is 5.31. The molecule has 7 nitrogen and oxygen atoms in total. The Balaban J connectivity index is 1.81. The summed E-state index contributed by atoms with van der Waals surface area (Å²) in [7, 11) is 0. The van der Waals surface area contributed by atoms with Crippen LogP contribution in [0.5, 0.6) is 5.75 Å². The summed E-state index contributed by atoms with van der Waals surface area (Å²) in [5.74, 6) is -4.25. The Morgan fingerprint density at radius 2 is 1.74 bits per heavy atom. The number of carbonyl (C=O) groups excluding carboxylic acids is 3. The van der Waals surface area contributed by atoms with Gasteiger partial charge >= 0.3 is 0 Å². The number of carbonyl (C=O) groups is 3. The van der Waals surface area contributed by atoms with Crippen LogP contribution in [0.15, 0.2) is 54.6 Å². The quantitative estimate of drug-likeness (QED) is 0.652. The maximum absolute atomic E-state index is 13.5. The van der Waals surface area contributed by atoms with Crippen molar-refractivity contribution < 1.29 is 29.9 Å². The lowest BCUT2D eigenvalue weighted by atomic mass is 9.75. The minimum atomic E-state index is -1.58. The van der Waals surface area contributed by atoms with Crippen molar-refractivity contribution in [3.8, 4) is 5.75 Å². The topological polar surface area (TPSA) is 114 Å². The zero-order valence-electron chi connectivity index (χ0n) is 17.5. The first-order chi connectivity index (χ1) is 14.8. The molecule has 2 aromatic carbocycles. The van der Waals surface area contributed by atoms with E-state index >= 15 is 0 Å². The van der Waals surface area contributed by atoms with Gasteiger partial charge in [0.15, 0.2) is 0 Å². The summed E-state index contributed by atoms with van der Waals surface area (Å²) in [6.07, 6.45) is 0.179. The smallest absolute Gasteiger partial charge is 0.240 e. The zero-order chi connectivity index (χ0) is 22.3. The van der Waals surface area contributed by atoms with E-state index in [1.165, 1.54) is 11.0 Å². The normalized spacial score (nSPS) is 27.7. The van der Waals surface area contributed by atoms with Crippen molar-refractivity contribution in [2.24, 2.45) is 17.8 Å². The van der Waals surface area contributed by atoms with Crippen LogP contribution in [0.2, 0.25) is 0 Å². The number of quaternary nitrogens is 1. The molecule has 0 saturated carbocycles. The minimum absolute atomic E-state index is 0.0250. The number of phenolic OH excluding ortho intramolecular Hbond substituents is 1.